The maximum atomic E-state index is 12.2. The first-order valence-electron chi connectivity index (χ1n) is 8.19. The molecule has 3 rings (SSSR count). The first kappa shape index (κ1) is 18.4. The molecule has 0 radical (unpaired) electrons. The van der Waals surface area contributed by atoms with Crippen LogP contribution in [0.25, 0.3) is 17.4 Å². The van der Waals surface area contributed by atoms with E-state index in [1.807, 2.05) is 42.5 Å². The van der Waals surface area contributed by atoms with Crippen molar-refractivity contribution < 1.29 is 14.0 Å². The van der Waals surface area contributed by atoms with Crippen LogP contribution in [0.5, 0.6) is 0 Å². The molecule has 0 atom stereocenters. The van der Waals surface area contributed by atoms with Crippen molar-refractivity contribution >= 4 is 46.2 Å². The monoisotopic (exact) mass is 386 g/mol. The molecule has 0 aliphatic carbocycles. The van der Waals surface area contributed by atoms with Crippen molar-refractivity contribution in [2.24, 2.45) is 0 Å². The van der Waals surface area contributed by atoms with Gasteiger partial charge in [0.15, 0.2) is 0 Å². The summed E-state index contributed by atoms with van der Waals surface area (Å²) in [6.07, 6.45) is 2.45. The highest BCUT2D eigenvalue weighted by Gasteiger charge is 2.31. The second kappa shape index (κ2) is 8.33. The summed E-state index contributed by atoms with van der Waals surface area (Å²) >= 11 is 6.53. The second-order valence-electron chi connectivity index (χ2n) is 5.74. The van der Waals surface area contributed by atoms with E-state index in [2.05, 4.69) is 5.32 Å². The number of nitrogens with one attached hydrogen (secondary N) is 1. The van der Waals surface area contributed by atoms with E-state index >= 15 is 0 Å². The zero-order valence-corrected chi connectivity index (χ0v) is 15.9. The Bertz CT molecular complexity index is 859. The van der Waals surface area contributed by atoms with Gasteiger partial charge >= 0.3 is 0 Å². The van der Waals surface area contributed by atoms with Crippen LogP contribution in [0.15, 0.2) is 51.8 Å². The van der Waals surface area contributed by atoms with E-state index in [1.54, 1.807) is 11.0 Å². The number of hydrogen-bond acceptors (Lipinski definition) is 5. The maximum Gasteiger partial charge on any atom is 0.291 e. The van der Waals surface area contributed by atoms with Crippen molar-refractivity contribution in [3.05, 3.63) is 53.1 Å². The molecule has 1 aliphatic rings. The topological polar surface area (TPSA) is 62.6 Å². The minimum absolute atomic E-state index is 0.0812. The number of furan rings is 1. The fourth-order valence-corrected chi connectivity index (χ4v) is 3.78. The molecule has 1 aromatic carbocycles. The Hall–Kier alpha value is -2.38. The molecule has 0 unspecified atom stereocenters. The van der Waals surface area contributed by atoms with Crippen LogP contribution in [0.4, 0.5) is 4.79 Å². The smallest absolute Gasteiger partial charge is 0.291 e. The number of rotatable bonds is 6. The van der Waals surface area contributed by atoms with Crippen LogP contribution in [-0.4, -0.2) is 34.1 Å². The Kier molecular flexibility index (Phi) is 5.90. The molecule has 1 fully saturated rings. The van der Waals surface area contributed by atoms with Crippen LogP contribution in [0, 0.1) is 0 Å². The van der Waals surface area contributed by atoms with Gasteiger partial charge in [-0.2, -0.15) is 0 Å². The highest BCUT2D eigenvalue weighted by atomic mass is 32.2. The molecule has 2 amide bonds. The first-order valence-corrected chi connectivity index (χ1v) is 9.42. The maximum absolute atomic E-state index is 12.2. The summed E-state index contributed by atoms with van der Waals surface area (Å²) < 4.78 is 5.85. The fourth-order valence-electron chi connectivity index (χ4n) is 2.51. The molecule has 0 spiro atoms. The predicted molar refractivity (Wildman–Crippen MR) is 108 cm³/mol. The normalized spacial score (nSPS) is 15.7. The van der Waals surface area contributed by atoms with Gasteiger partial charge in [0.25, 0.3) is 5.24 Å². The number of nitrogens with zero attached hydrogens (tertiary/aromatic N) is 1. The largest absolute Gasteiger partial charge is 0.457 e. The summed E-state index contributed by atoms with van der Waals surface area (Å²) in [6, 6.07) is 13.6. The summed E-state index contributed by atoms with van der Waals surface area (Å²) in [5, 5.41) is 2.61. The van der Waals surface area contributed by atoms with Gasteiger partial charge < -0.3 is 9.73 Å². The fraction of sp³-hybridized carbons (Fsp3) is 0.211. The van der Waals surface area contributed by atoms with Crippen molar-refractivity contribution in [3.8, 4) is 11.3 Å². The minimum atomic E-state index is -0.0982. The zero-order chi connectivity index (χ0) is 18.5. The minimum Gasteiger partial charge on any atom is -0.457 e. The quantitative estimate of drug-likeness (QED) is 0.455. The molecule has 1 saturated heterocycles. The van der Waals surface area contributed by atoms with E-state index in [0.717, 1.165) is 23.1 Å². The number of benzene rings is 1. The molecule has 1 aromatic heterocycles. The standard InChI is InChI=1S/C19H18N2O3S2/c1-13(22)20-10-5-11-21-18(25)17(26-19(21)23)12-15-8-9-16(24-15)14-6-3-2-4-7-14/h2-4,6-9,12H,5,10-11H2,1H3,(H,20,22)/b17-12+. The number of carbonyl (C=O) groups is 2. The van der Waals surface area contributed by atoms with Crippen LogP contribution in [0.2, 0.25) is 0 Å². The summed E-state index contributed by atoms with van der Waals surface area (Å²) in [5.74, 6) is 1.34. The van der Waals surface area contributed by atoms with Crippen LogP contribution in [0.3, 0.4) is 0 Å². The van der Waals surface area contributed by atoms with E-state index in [-0.39, 0.29) is 11.1 Å². The molecular formula is C19H18N2O3S2. The van der Waals surface area contributed by atoms with Gasteiger partial charge in [-0.3, -0.25) is 14.5 Å². The lowest BCUT2D eigenvalue weighted by Gasteiger charge is -2.14. The molecule has 1 N–H and O–H groups in total. The third-order valence-corrected chi connectivity index (χ3v) is 5.26. The van der Waals surface area contributed by atoms with Crippen molar-refractivity contribution in [2.45, 2.75) is 13.3 Å². The van der Waals surface area contributed by atoms with Crippen LogP contribution < -0.4 is 5.32 Å². The lowest BCUT2D eigenvalue weighted by Crippen LogP contribution is -2.31. The third-order valence-electron chi connectivity index (χ3n) is 3.76. The van der Waals surface area contributed by atoms with E-state index < -0.39 is 0 Å². The molecule has 7 heteroatoms. The van der Waals surface area contributed by atoms with E-state index in [0.29, 0.717) is 35.2 Å². The van der Waals surface area contributed by atoms with Gasteiger partial charge in [0.1, 0.15) is 16.5 Å². The summed E-state index contributed by atoms with van der Waals surface area (Å²) in [7, 11) is 0. The number of thiocarbonyl (C=S) groups is 1. The zero-order valence-electron chi connectivity index (χ0n) is 14.2. The Balaban J connectivity index is 1.66. The van der Waals surface area contributed by atoms with Gasteiger partial charge in [-0.15, -0.1) is 0 Å². The average Bonchev–Trinajstić information content (AvgIpc) is 3.19. The predicted octanol–water partition coefficient (Wildman–Crippen LogP) is 4.31. The highest BCUT2D eigenvalue weighted by Crippen LogP contribution is 2.34. The molecule has 2 heterocycles. The van der Waals surface area contributed by atoms with Crippen molar-refractivity contribution in [2.75, 3.05) is 13.1 Å². The van der Waals surface area contributed by atoms with Gasteiger partial charge in [0.2, 0.25) is 5.91 Å². The van der Waals surface area contributed by atoms with Crippen molar-refractivity contribution in [1.29, 1.82) is 0 Å². The Morgan fingerprint density at radius 2 is 2.04 bits per heavy atom. The van der Waals surface area contributed by atoms with Crippen LogP contribution in [-0.2, 0) is 4.79 Å². The molecule has 0 bridgehead atoms. The van der Waals surface area contributed by atoms with Gasteiger partial charge in [-0.05, 0) is 36.4 Å². The molecular weight excluding hydrogens is 368 g/mol. The van der Waals surface area contributed by atoms with Crippen molar-refractivity contribution in [1.82, 2.24) is 10.2 Å². The molecule has 26 heavy (non-hydrogen) atoms. The van der Waals surface area contributed by atoms with Gasteiger partial charge in [0.05, 0.1) is 4.91 Å². The lowest BCUT2D eigenvalue weighted by molar-refractivity contribution is -0.118. The van der Waals surface area contributed by atoms with Crippen molar-refractivity contribution in [3.63, 3.8) is 0 Å². The number of carbonyl (C=O) groups excluding carboxylic acids is 2. The molecule has 0 saturated carbocycles. The lowest BCUT2D eigenvalue weighted by atomic mass is 10.2. The summed E-state index contributed by atoms with van der Waals surface area (Å²) in [6.45, 7) is 2.47. The summed E-state index contributed by atoms with van der Waals surface area (Å²) in [4.78, 5) is 25.8. The van der Waals surface area contributed by atoms with Gasteiger partial charge in [-0.1, -0.05) is 42.5 Å². The Morgan fingerprint density at radius 3 is 2.77 bits per heavy atom. The van der Waals surface area contributed by atoms with Gasteiger partial charge in [-0.25, -0.2) is 0 Å². The molecule has 1 aliphatic heterocycles. The summed E-state index contributed by atoms with van der Waals surface area (Å²) in [5.41, 5.74) is 0.995. The Labute approximate surface area is 161 Å². The second-order valence-corrected chi connectivity index (χ2v) is 7.12. The van der Waals surface area contributed by atoms with Gasteiger partial charge in [0, 0.05) is 25.6 Å². The van der Waals surface area contributed by atoms with Crippen LogP contribution in [0.1, 0.15) is 19.1 Å². The van der Waals surface area contributed by atoms with E-state index in [9.17, 15) is 9.59 Å². The highest BCUT2D eigenvalue weighted by molar-refractivity contribution is 8.19. The van der Waals surface area contributed by atoms with E-state index in [1.165, 1.54) is 6.92 Å². The average molecular weight is 386 g/mol. The van der Waals surface area contributed by atoms with Crippen LogP contribution >= 0.6 is 24.0 Å². The molecule has 5 nitrogen and oxygen atoms in total. The number of amides is 2. The Morgan fingerprint density at radius 1 is 1.27 bits per heavy atom. The first-order chi connectivity index (χ1) is 12.5. The number of hydrogen-bond donors (Lipinski definition) is 1. The SMILES string of the molecule is CC(=O)NCCCN1C(=O)S/C(=C/c2ccc(-c3ccccc3)o2)C1=S. The number of thioether (sulfide) groups is 1. The molecule has 134 valence electrons. The molecule has 2 aromatic rings. The third kappa shape index (κ3) is 4.42. The van der Waals surface area contributed by atoms with E-state index in [4.69, 9.17) is 16.6 Å².